The number of anilines is 1. The van der Waals surface area contributed by atoms with Crippen molar-refractivity contribution >= 4 is 39.3 Å². The Bertz CT molecular complexity index is 2010. The Balaban J connectivity index is 1.16. The number of likely N-dealkylation sites (tertiary alicyclic amines) is 1. The van der Waals surface area contributed by atoms with Gasteiger partial charge in [0, 0.05) is 64.3 Å². The average Bonchev–Trinajstić information content (AvgIpc) is 3.28. The lowest BCUT2D eigenvalue weighted by Crippen LogP contribution is -2.71. The van der Waals surface area contributed by atoms with Gasteiger partial charge in [-0.2, -0.15) is 12.7 Å². The number of ether oxygens (including phenoxy) is 3. The van der Waals surface area contributed by atoms with E-state index in [4.69, 9.17) is 25.8 Å². The van der Waals surface area contributed by atoms with E-state index < -0.39 is 34.0 Å². The fourth-order valence-electron chi connectivity index (χ4n) is 9.71. The molecule has 8 rings (SSSR count). The summed E-state index contributed by atoms with van der Waals surface area (Å²) in [6.07, 6.45) is 10.0. The first-order valence-electron chi connectivity index (χ1n) is 20.4. The number of aryl methyl sites for hydroxylation is 1. The molecule has 2 aromatic carbocycles. The number of nitrogens with one attached hydrogen (secondary N) is 1. The van der Waals surface area contributed by atoms with E-state index in [-0.39, 0.29) is 34.5 Å². The van der Waals surface area contributed by atoms with Crippen molar-refractivity contribution in [2.75, 3.05) is 85.2 Å². The number of hydrogen-bond acceptors (Lipinski definition) is 10. The van der Waals surface area contributed by atoms with Crippen LogP contribution in [0, 0.1) is 11.8 Å². The number of fused-ring (bicyclic) bond motifs is 4. The fraction of sp³-hybridized carbons (Fsp3) is 0.619. The third kappa shape index (κ3) is 7.71. The zero-order chi connectivity index (χ0) is 40.2. The normalized spacial score (nSPS) is 30.6. The minimum Gasteiger partial charge on any atom is -0.490 e. The molecule has 3 fully saturated rings. The highest BCUT2D eigenvalue weighted by Crippen LogP contribution is 2.48. The molecule has 6 aliphatic rings. The molecular weight excluding hydrogens is 770 g/mol. The number of halogens is 1. The molecule has 2 saturated heterocycles. The first-order valence-corrected chi connectivity index (χ1v) is 22.2. The van der Waals surface area contributed by atoms with Gasteiger partial charge in [-0.05, 0) is 97.7 Å². The molecule has 2 bridgehead atoms. The maximum Gasteiger partial charge on any atom is 0.303 e. The second kappa shape index (κ2) is 15.7. The van der Waals surface area contributed by atoms with E-state index in [9.17, 15) is 23.1 Å². The van der Waals surface area contributed by atoms with Crippen LogP contribution < -0.4 is 14.4 Å². The summed E-state index contributed by atoms with van der Waals surface area (Å²) in [7, 11) is -0.108. The molecule has 0 aromatic heterocycles. The third-order valence-corrected chi connectivity index (χ3v) is 15.3. The highest BCUT2D eigenvalue weighted by atomic mass is 35.5. The molecule has 2 amide bonds. The molecule has 1 saturated carbocycles. The summed E-state index contributed by atoms with van der Waals surface area (Å²) in [6, 6.07) is 11.2. The molecule has 4 aliphatic heterocycles. The van der Waals surface area contributed by atoms with Crippen molar-refractivity contribution in [1.82, 2.24) is 18.8 Å². The Kier molecular flexibility index (Phi) is 11.2. The molecule has 13 nitrogen and oxygen atoms in total. The zero-order valence-electron chi connectivity index (χ0n) is 33.3. The maximum absolute atomic E-state index is 14.0. The number of rotatable bonds is 7. The number of aliphatic hydroxyl groups is 1. The van der Waals surface area contributed by atoms with Crippen LogP contribution in [0.3, 0.4) is 0 Å². The van der Waals surface area contributed by atoms with Gasteiger partial charge in [-0.15, -0.1) is 0 Å². The lowest BCUT2D eigenvalue weighted by atomic mass is 9.68. The van der Waals surface area contributed by atoms with Gasteiger partial charge < -0.3 is 29.1 Å². The lowest BCUT2D eigenvalue weighted by molar-refractivity contribution is -0.197. The standard InChI is InChI=1S/C42H56ClN5O8S/c1-45(2)57(52,53)44-39(50)42(51)23-38(49)46(3)17-5-4-8-36(55-20-19-48-18-16-41(48)27-54-28-41)33-12-9-30(33)24-47-25-40(26-56-37-14-10-31(42)22-35(37)47)15-6-7-29-21-32(43)11-13-34(29)40/h4,8,10-11,13-14,21-22,30,33,36,51H,5-7,9,12,15-20,23-28H2,1-3H3,(H,44,50)/b8-4-/t30-,33+,36-,40-,42+/m0/s1. The number of amides is 2. The van der Waals surface area contributed by atoms with Gasteiger partial charge >= 0.3 is 10.2 Å². The number of benzene rings is 2. The molecule has 0 unspecified atom stereocenters. The summed E-state index contributed by atoms with van der Waals surface area (Å²) >= 11 is 6.51. The van der Waals surface area contributed by atoms with Crippen molar-refractivity contribution in [2.45, 2.75) is 74.0 Å². The largest absolute Gasteiger partial charge is 0.490 e. The molecule has 0 radical (unpaired) electrons. The van der Waals surface area contributed by atoms with Crippen LogP contribution in [-0.2, 0) is 46.7 Å². The van der Waals surface area contributed by atoms with Crippen LogP contribution in [0.5, 0.6) is 5.75 Å². The van der Waals surface area contributed by atoms with E-state index in [1.807, 2.05) is 10.8 Å². The number of carbonyl (C=O) groups excluding carboxylic acids is 2. The second-order valence-electron chi connectivity index (χ2n) is 17.4. The zero-order valence-corrected chi connectivity index (χ0v) is 34.8. The quantitative estimate of drug-likeness (QED) is 0.398. The van der Waals surface area contributed by atoms with Crippen LogP contribution in [0.15, 0.2) is 48.6 Å². The van der Waals surface area contributed by atoms with Gasteiger partial charge in [0.15, 0.2) is 5.60 Å². The average molecular weight is 826 g/mol. The van der Waals surface area contributed by atoms with Gasteiger partial charge in [-0.25, -0.2) is 4.72 Å². The Morgan fingerprint density at radius 2 is 1.93 bits per heavy atom. The van der Waals surface area contributed by atoms with Crippen LogP contribution in [-0.4, -0.2) is 131 Å². The summed E-state index contributed by atoms with van der Waals surface area (Å²) in [5, 5.41) is 13.1. The van der Waals surface area contributed by atoms with Crippen molar-refractivity contribution in [3.8, 4) is 5.75 Å². The molecule has 57 heavy (non-hydrogen) atoms. The summed E-state index contributed by atoms with van der Waals surface area (Å²) in [5.41, 5.74) is 0.539. The Labute approximate surface area is 341 Å². The molecule has 310 valence electrons. The number of carbonyl (C=O) groups is 2. The van der Waals surface area contributed by atoms with Crippen LogP contribution >= 0.6 is 11.6 Å². The summed E-state index contributed by atoms with van der Waals surface area (Å²) in [5.74, 6) is -0.585. The van der Waals surface area contributed by atoms with E-state index in [2.05, 4.69) is 34.1 Å². The first kappa shape index (κ1) is 40.5. The summed E-state index contributed by atoms with van der Waals surface area (Å²) in [6.45, 7) is 6.19. The van der Waals surface area contributed by atoms with Crippen molar-refractivity contribution in [3.63, 3.8) is 0 Å². The van der Waals surface area contributed by atoms with Gasteiger partial charge in [0.05, 0.1) is 50.2 Å². The van der Waals surface area contributed by atoms with Crippen LogP contribution in [0.25, 0.3) is 0 Å². The van der Waals surface area contributed by atoms with E-state index in [1.54, 1.807) is 25.2 Å². The molecule has 4 heterocycles. The highest BCUT2D eigenvalue weighted by Gasteiger charge is 2.51. The second-order valence-corrected chi connectivity index (χ2v) is 19.7. The monoisotopic (exact) mass is 825 g/mol. The van der Waals surface area contributed by atoms with E-state index in [0.29, 0.717) is 55.7 Å². The predicted molar refractivity (Wildman–Crippen MR) is 217 cm³/mol. The predicted octanol–water partition coefficient (Wildman–Crippen LogP) is 3.62. The minimum absolute atomic E-state index is 0.0968. The Morgan fingerprint density at radius 1 is 1.11 bits per heavy atom. The Hall–Kier alpha value is -3.24. The minimum atomic E-state index is -4.30. The van der Waals surface area contributed by atoms with E-state index in [1.165, 1.54) is 36.5 Å². The molecule has 2 aromatic rings. The van der Waals surface area contributed by atoms with Crippen molar-refractivity contribution < 1.29 is 37.3 Å². The topological polar surface area (TPSA) is 141 Å². The number of nitrogens with zero attached hydrogens (tertiary/aromatic N) is 4. The van der Waals surface area contributed by atoms with Crippen molar-refractivity contribution in [2.24, 2.45) is 11.8 Å². The van der Waals surface area contributed by atoms with Gasteiger partial charge in [0.2, 0.25) is 5.91 Å². The number of hydrogen-bond donors (Lipinski definition) is 2. The van der Waals surface area contributed by atoms with Gasteiger partial charge in [0.25, 0.3) is 5.91 Å². The molecule has 2 N–H and O–H groups in total. The smallest absolute Gasteiger partial charge is 0.303 e. The summed E-state index contributed by atoms with van der Waals surface area (Å²) < 4.78 is 47.7. The van der Waals surface area contributed by atoms with Crippen molar-refractivity contribution in [1.29, 1.82) is 0 Å². The Morgan fingerprint density at radius 3 is 2.63 bits per heavy atom. The highest BCUT2D eigenvalue weighted by molar-refractivity contribution is 7.87. The summed E-state index contributed by atoms with van der Waals surface area (Å²) in [4.78, 5) is 34.1. The van der Waals surface area contributed by atoms with Crippen LogP contribution in [0.1, 0.15) is 61.6 Å². The third-order valence-electron chi connectivity index (χ3n) is 13.7. The maximum atomic E-state index is 14.0. The van der Waals surface area contributed by atoms with Crippen molar-refractivity contribution in [3.05, 3.63) is 70.3 Å². The van der Waals surface area contributed by atoms with Gasteiger partial charge in [-0.1, -0.05) is 35.9 Å². The van der Waals surface area contributed by atoms with Crippen LogP contribution in [0.4, 0.5) is 5.69 Å². The molecule has 5 atom stereocenters. The van der Waals surface area contributed by atoms with E-state index in [0.717, 1.165) is 62.7 Å². The molecule has 2 spiro atoms. The SMILES string of the molecule is CN1CC/C=C\[C@H](OCCN2CCC23COC3)[C@@H]2CC[C@H]2CN2C[C@@]3(CCCc4cc(Cl)ccc43)COc3ccc(cc32)[C@@](O)(C(=O)NS(=O)(=O)N(C)C)CC1=O. The van der Waals surface area contributed by atoms with Gasteiger partial charge in [-0.3, -0.25) is 14.5 Å². The lowest BCUT2D eigenvalue weighted by Gasteiger charge is -2.57. The van der Waals surface area contributed by atoms with Gasteiger partial charge in [0.1, 0.15) is 5.75 Å². The fourth-order valence-corrected chi connectivity index (χ4v) is 10.5. The molecular formula is C42H56ClN5O8S. The molecule has 15 heteroatoms. The van der Waals surface area contributed by atoms with Crippen LogP contribution in [0.2, 0.25) is 5.02 Å². The first-order chi connectivity index (χ1) is 27.2. The van der Waals surface area contributed by atoms with E-state index >= 15 is 0 Å². The molecule has 2 aliphatic carbocycles.